The summed E-state index contributed by atoms with van der Waals surface area (Å²) in [6.07, 6.45) is 5.54. The van der Waals surface area contributed by atoms with E-state index in [1.54, 1.807) is 0 Å². The number of piperidine rings is 1. The van der Waals surface area contributed by atoms with E-state index in [2.05, 4.69) is 41.4 Å². The standard InChI is InChI=1S/C22H33N3O2/c1-18-5-2-3-6-20(18)19-7-12-24(17-19)15-11-23-21(26)25-13-9-22(10-14-25)8-4-16-27-22/h2-3,5-6,19H,4,7-17H2,1H3,(H,23,26)/t19-/m1/s1. The summed E-state index contributed by atoms with van der Waals surface area (Å²) in [6.45, 7) is 8.65. The van der Waals surface area contributed by atoms with Gasteiger partial charge in [0.2, 0.25) is 0 Å². The van der Waals surface area contributed by atoms with Gasteiger partial charge >= 0.3 is 6.03 Å². The lowest BCUT2D eigenvalue weighted by molar-refractivity contribution is -0.0361. The number of hydrogen-bond donors (Lipinski definition) is 1. The molecule has 0 aliphatic carbocycles. The van der Waals surface area contributed by atoms with Crippen molar-refractivity contribution in [2.24, 2.45) is 0 Å². The first-order chi connectivity index (χ1) is 13.2. The highest BCUT2D eigenvalue weighted by molar-refractivity contribution is 5.74. The number of carbonyl (C=O) groups is 1. The monoisotopic (exact) mass is 371 g/mol. The zero-order valence-corrected chi connectivity index (χ0v) is 16.6. The molecule has 5 nitrogen and oxygen atoms in total. The zero-order valence-electron chi connectivity index (χ0n) is 16.6. The van der Waals surface area contributed by atoms with E-state index in [1.807, 2.05) is 4.90 Å². The molecule has 1 N–H and O–H groups in total. The van der Waals surface area contributed by atoms with Gasteiger partial charge in [0, 0.05) is 39.3 Å². The Morgan fingerprint density at radius 1 is 1.22 bits per heavy atom. The molecule has 0 unspecified atom stereocenters. The molecule has 1 spiro atoms. The van der Waals surface area contributed by atoms with E-state index in [4.69, 9.17) is 4.74 Å². The maximum Gasteiger partial charge on any atom is 0.317 e. The van der Waals surface area contributed by atoms with Gasteiger partial charge in [-0.05, 0) is 62.6 Å². The highest BCUT2D eigenvalue weighted by Gasteiger charge is 2.39. The largest absolute Gasteiger partial charge is 0.375 e. The molecule has 5 heteroatoms. The number of ether oxygens (including phenoxy) is 1. The predicted octanol–water partition coefficient (Wildman–Crippen LogP) is 3.14. The molecule has 1 atom stereocenters. The predicted molar refractivity (Wildman–Crippen MR) is 107 cm³/mol. The minimum absolute atomic E-state index is 0.0803. The number of amides is 2. The fraction of sp³-hybridized carbons (Fsp3) is 0.682. The summed E-state index contributed by atoms with van der Waals surface area (Å²) in [5.74, 6) is 0.631. The van der Waals surface area contributed by atoms with Crippen molar-refractivity contribution in [3.05, 3.63) is 35.4 Å². The summed E-state index contributed by atoms with van der Waals surface area (Å²) in [7, 11) is 0. The summed E-state index contributed by atoms with van der Waals surface area (Å²) in [4.78, 5) is 16.9. The molecule has 3 aliphatic heterocycles. The van der Waals surface area contributed by atoms with E-state index in [9.17, 15) is 4.79 Å². The number of likely N-dealkylation sites (tertiary alicyclic amines) is 2. The Morgan fingerprint density at radius 3 is 2.78 bits per heavy atom. The maximum absolute atomic E-state index is 12.5. The van der Waals surface area contributed by atoms with Gasteiger partial charge in [-0.3, -0.25) is 0 Å². The van der Waals surface area contributed by atoms with Crippen LogP contribution in [0.1, 0.15) is 49.1 Å². The Labute approximate surface area is 163 Å². The normalized spacial score (nSPS) is 25.2. The molecule has 0 radical (unpaired) electrons. The smallest absolute Gasteiger partial charge is 0.317 e. The van der Waals surface area contributed by atoms with Gasteiger partial charge in [0.25, 0.3) is 0 Å². The van der Waals surface area contributed by atoms with Gasteiger partial charge in [-0.25, -0.2) is 4.79 Å². The summed E-state index contributed by atoms with van der Waals surface area (Å²) in [5.41, 5.74) is 2.96. The topological polar surface area (TPSA) is 44.8 Å². The van der Waals surface area contributed by atoms with Crippen LogP contribution in [0.15, 0.2) is 24.3 Å². The first kappa shape index (κ1) is 18.8. The highest BCUT2D eigenvalue weighted by atomic mass is 16.5. The van der Waals surface area contributed by atoms with E-state index >= 15 is 0 Å². The van der Waals surface area contributed by atoms with Gasteiger partial charge in [-0.1, -0.05) is 24.3 Å². The van der Waals surface area contributed by atoms with E-state index in [0.717, 1.165) is 58.7 Å². The lowest BCUT2D eigenvalue weighted by Gasteiger charge is -2.38. The third-order valence-corrected chi connectivity index (χ3v) is 6.75. The average Bonchev–Trinajstić information content (AvgIpc) is 3.33. The average molecular weight is 372 g/mol. The number of nitrogens with one attached hydrogen (secondary N) is 1. The Morgan fingerprint density at radius 2 is 2.04 bits per heavy atom. The van der Waals surface area contributed by atoms with Crippen LogP contribution in [0.4, 0.5) is 4.79 Å². The molecule has 0 bridgehead atoms. The van der Waals surface area contributed by atoms with E-state index in [0.29, 0.717) is 5.92 Å². The van der Waals surface area contributed by atoms with Crippen molar-refractivity contribution in [1.29, 1.82) is 0 Å². The van der Waals surface area contributed by atoms with Gasteiger partial charge in [0.05, 0.1) is 5.60 Å². The molecule has 27 heavy (non-hydrogen) atoms. The van der Waals surface area contributed by atoms with E-state index < -0.39 is 0 Å². The molecule has 0 saturated carbocycles. The van der Waals surface area contributed by atoms with E-state index in [1.165, 1.54) is 30.4 Å². The molecule has 4 rings (SSSR count). The van der Waals surface area contributed by atoms with Crippen molar-refractivity contribution in [2.75, 3.05) is 45.9 Å². The van der Waals surface area contributed by atoms with Crippen LogP contribution in [-0.2, 0) is 4.74 Å². The molecule has 3 saturated heterocycles. The van der Waals surface area contributed by atoms with Crippen molar-refractivity contribution in [3.8, 4) is 0 Å². The second-order valence-electron chi connectivity index (χ2n) is 8.50. The number of nitrogens with zero attached hydrogens (tertiary/aromatic N) is 2. The van der Waals surface area contributed by atoms with Crippen molar-refractivity contribution >= 4 is 6.03 Å². The van der Waals surface area contributed by atoms with Crippen LogP contribution < -0.4 is 5.32 Å². The van der Waals surface area contributed by atoms with Gasteiger partial charge in [-0.2, -0.15) is 0 Å². The number of benzene rings is 1. The Balaban J connectivity index is 1.17. The first-order valence-corrected chi connectivity index (χ1v) is 10.6. The summed E-state index contributed by atoms with van der Waals surface area (Å²) in [5, 5.41) is 3.13. The van der Waals surface area contributed by atoms with Gasteiger partial charge in [0.15, 0.2) is 0 Å². The summed E-state index contributed by atoms with van der Waals surface area (Å²) >= 11 is 0. The number of aryl methyl sites for hydroxylation is 1. The van der Waals surface area contributed by atoms with Crippen LogP contribution >= 0.6 is 0 Å². The molecular weight excluding hydrogens is 338 g/mol. The molecule has 3 heterocycles. The van der Waals surface area contributed by atoms with Crippen LogP contribution in [0.2, 0.25) is 0 Å². The molecular formula is C22H33N3O2. The fourth-order valence-electron chi connectivity index (χ4n) is 5.03. The van der Waals surface area contributed by atoms with Crippen LogP contribution in [0.25, 0.3) is 0 Å². The van der Waals surface area contributed by atoms with Gasteiger partial charge < -0.3 is 19.9 Å². The quantitative estimate of drug-likeness (QED) is 0.884. The third-order valence-electron chi connectivity index (χ3n) is 6.75. The zero-order chi connectivity index (χ0) is 18.7. The molecule has 148 valence electrons. The second kappa shape index (κ2) is 8.19. The van der Waals surface area contributed by atoms with E-state index in [-0.39, 0.29) is 11.6 Å². The maximum atomic E-state index is 12.5. The van der Waals surface area contributed by atoms with Crippen LogP contribution in [-0.4, -0.2) is 67.3 Å². The molecule has 1 aromatic carbocycles. The van der Waals surface area contributed by atoms with Gasteiger partial charge in [-0.15, -0.1) is 0 Å². The summed E-state index contributed by atoms with van der Waals surface area (Å²) < 4.78 is 5.95. The second-order valence-corrected chi connectivity index (χ2v) is 8.50. The van der Waals surface area contributed by atoms with Gasteiger partial charge in [0.1, 0.15) is 0 Å². The first-order valence-electron chi connectivity index (χ1n) is 10.6. The molecule has 0 aromatic heterocycles. The van der Waals surface area contributed by atoms with Crippen LogP contribution in [0.5, 0.6) is 0 Å². The minimum Gasteiger partial charge on any atom is -0.375 e. The molecule has 2 amide bonds. The number of hydrogen-bond acceptors (Lipinski definition) is 3. The molecule has 3 fully saturated rings. The summed E-state index contributed by atoms with van der Waals surface area (Å²) in [6, 6.07) is 8.82. The number of urea groups is 1. The van der Waals surface area contributed by atoms with Crippen LogP contribution in [0, 0.1) is 6.92 Å². The Hall–Kier alpha value is -1.59. The number of carbonyl (C=O) groups excluding carboxylic acids is 1. The lowest BCUT2D eigenvalue weighted by atomic mass is 9.89. The molecule has 3 aliphatic rings. The SMILES string of the molecule is Cc1ccccc1[C@@H]1CCN(CCNC(=O)N2CCC3(CCCO3)CC2)C1. The Kier molecular flexibility index (Phi) is 5.69. The van der Waals surface area contributed by atoms with Crippen molar-refractivity contribution in [3.63, 3.8) is 0 Å². The van der Waals surface area contributed by atoms with Crippen molar-refractivity contribution in [2.45, 2.75) is 50.5 Å². The minimum atomic E-state index is 0.0803. The highest BCUT2D eigenvalue weighted by Crippen LogP contribution is 2.35. The van der Waals surface area contributed by atoms with Crippen LogP contribution in [0.3, 0.4) is 0 Å². The fourth-order valence-corrected chi connectivity index (χ4v) is 5.03. The van der Waals surface area contributed by atoms with Crippen molar-refractivity contribution < 1.29 is 9.53 Å². The van der Waals surface area contributed by atoms with Crippen molar-refractivity contribution in [1.82, 2.24) is 15.1 Å². The molecule has 1 aromatic rings. The number of rotatable bonds is 4. The third kappa shape index (κ3) is 4.30. The Bertz CT molecular complexity index is 647. The lowest BCUT2D eigenvalue weighted by Crippen LogP contribution is -2.50.